The lowest BCUT2D eigenvalue weighted by molar-refractivity contribution is 0.0733. The number of ether oxygens (including phenoxy) is 2. The summed E-state index contributed by atoms with van der Waals surface area (Å²) in [5.74, 6) is 1.66. The van der Waals surface area contributed by atoms with Gasteiger partial charge in [0.05, 0.1) is 18.3 Å². The van der Waals surface area contributed by atoms with E-state index in [-0.39, 0.29) is 11.9 Å². The van der Waals surface area contributed by atoms with Crippen LogP contribution in [-0.4, -0.2) is 54.2 Å². The third-order valence-electron chi connectivity index (χ3n) is 5.52. The smallest absolute Gasteiger partial charge is 0.254 e. The predicted molar refractivity (Wildman–Crippen MR) is 109 cm³/mol. The van der Waals surface area contributed by atoms with Crippen molar-refractivity contribution >= 4 is 5.91 Å². The molecule has 1 N–H and O–H groups in total. The summed E-state index contributed by atoms with van der Waals surface area (Å²) in [5, 5.41) is 3.50. The SMILES string of the molecule is COCCOc1ccc(C(=O)N2CCc3nc(C4CCCCN4)ncc3C2)cc1. The first-order chi connectivity index (χ1) is 14.2. The predicted octanol–water partition coefficient (Wildman–Crippen LogP) is 2.51. The van der Waals surface area contributed by atoms with Gasteiger partial charge in [0.1, 0.15) is 18.2 Å². The van der Waals surface area contributed by atoms with Crippen molar-refractivity contribution in [2.24, 2.45) is 0 Å². The Morgan fingerprint density at radius 1 is 1.24 bits per heavy atom. The summed E-state index contributed by atoms with van der Waals surface area (Å²) in [6.45, 7) is 3.29. The second-order valence-electron chi connectivity index (χ2n) is 7.54. The number of fused-ring (bicyclic) bond motifs is 1. The van der Waals surface area contributed by atoms with Crippen LogP contribution in [0.4, 0.5) is 0 Å². The van der Waals surface area contributed by atoms with Crippen LogP contribution in [0.2, 0.25) is 0 Å². The molecule has 1 amide bonds. The summed E-state index contributed by atoms with van der Waals surface area (Å²) in [4.78, 5) is 24.2. The molecule has 0 bridgehead atoms. The van der Waals surface area contributed by atoms with Gasteiger partial charge < -0.3 is 19.7 Å². The quantitative estimate of drug-likeness (QED) is 0.756. The lowest BCUT2D eigenvalue weighted by atomic mass is 10.0. The number of rotatable bonds is 6. The number of benzene rings is 1. The highest BCUT2D eigenvalue weighted by molar-refractivity contribution is 5.94. The fourth-order valence-electron chi connectivity index (χ4n) is 3.86. The van der Waals surface area contributed by atoms with E-state index in [0.717, 1.165) is 42.2 Å². The highest BCUT2D eigenvalue weighted by atomic mass is 16.5. The molecule has 7 heteroatoms. The molecule has 7 nitrogen and oxygen atoms in total. The largest absolute Gasteiger partial charge is 0.491 e. The van der Waals surface area contributed by atoms with Crippen molar-refractivity contribution in [1.29, 1.82) is 0 Å². The Morgan fingerprint density at radius 2 is 2.10 bits per heavy atom. The molecule has 1 fully saturated rings. The van der Waals surface area contributed by atoms with Gasteiger partial charge in [0.25, 0.3) is 5.91 Å². The van der Waals surface area contributed by atoms with E-state index in [1.165, 1.54) is 12.8 Å². The number of hydrogen-bond donors (Lipinski definition) is 1. The molecule has 0 radical (unpaired) electrons. The highest BCUT2D eigenvalue weighted by Crippen LogP contribution is 2.24. The number of nitrogens with one attached hydrogen (secondary N) is 1. The van der Waals surface area contributed by atoms with E-state index in [4.69, 9.17) is 14.5 Å². The van der Waals surface area contributed by atoms with Crippen molar-refractivity contribution in [1.82, 2.24) is 20.2 Å². The molecule has 2 aliphatic rings. The minimum atomic E-state index is 0.0251. The van der Waals surface area contributed by atoms with Gasteiger partial charge in [-0.25, -0.2) is 9.97 Å². The molecule has 1 unspecified atom stereocenters. The van der Waals surface area contributed by atoms with E-state index in [0.29, 0.717) is 31.9 Å². The molecule has 1 atom stereocenters. The van der Waals surface area contributed by atoms with E-state index < -0.39 is 0 Å². The summed E-state index contributed by atoms with van der Waals surface area (Å²) in [7, 11) is 1.64. The number of amides is 1. The zero-order chi connectivity index (χ0) is 20.1. The number of piperidine rings is 1. The molecule has 4 rings (SSSR count). The van der Waals surface area contributed by atoms with Gasteiger partial charge in [-0.15, -0.1) is 0 Å². The monoisotopic (exact) mass is 396 g/mol. The third kappa shape index (κ3) is 4.74. The van der Waals surface area contributed by atoms with Gasteiger partial charge in [-0.2, -0.15) is 0 Å². The molecule has 154 valence electrons. The van der Waals surface area contributed by atoms with Crippen LogP contribution in [0.5, 0.6) is 5.75 Å². The van der Waals surface area contributed by atoms with Crippen molar-refractivity contribution in [3.05, 3.63) is 53.1 Å². The van der Waals surface area contributed by atoms with Crippen molar-refractivity contribution in [3.8, 4) is 5.75 Å². The molecule has 2 aliphatic heterocycles. The Hall–Kier alpha value is -2.51. The van der Waals surface area contributed by atoms with Crippen molar-refractivity contribution in [3.63, 3.8) is 0 Å². The Kier molecular flexibility index (Phi) is 6.36. The average molecular weight is 396 g/mol. The van der Waals surface area contributed by atoms with E-state index in [1.807, 2.05) is 35.4 Å². The number of nitrogens with zero attached hydrogens (tertiary/aromatic N) is 3. The standard InChI is InChI=1S/C22H28N4O3/c1-28-12-13-29-18-7-5-16(6-8-18)22(27)26-11-9-19-17(15-26)14-24-21(25-19)20-4-2-3-10-23-20/h5-8,14,20,23H,2-4,9-13,15H2,1H3. The fourth-order valence-corrected chi connectivity index (χ4v) is 3.86. The second-order valence-corrected chi connectivity index (χ2v) is 7.54. The highest BCUT2D eigenvalue weighted by Gasteiger charge is 2.25. The third-order valence-corrected chi connectivity index (χ3v) is 5.52. The van der Waals surface area contributed by atoms with Crippen LogP contribution in [0.15, 0.2) is 30.5 Å². The van der Waals surface area contributed by atoms with Gasteiger partial charge in [-0.05, 0) is 43.7 Å². The van der Waals surface area contributed by atoms with Crippen LogP contribution in [0.25, 0.3) is 0 Å². The van der Waals surface area contributed by atoms with Crippen LogP contribution in [-0.2, 0) is 17.7 Å². The first-order valence-electron chi connectivity index (χ1n) is 10.3. The number of hydrogen-bond acceptors (Lipinski definition) is 6. The second kappa shape index (κ2) is 9.33. The molecule has 0 saturated carbocycles. The van der Waals surface area contributed by atoms with Gasteiger partial charge in [0, 0.05) is 43.9 Å². The number of methoxy groups -OCH3 is 1. The molecule has 1 aromatic heterocycles. The molecule has 0 spiro atoms. The number of carbonyl (C=O) groups excluding carboxylic acids is 1. The summed E-state index contributed by atoms with van der Waals surface area (Å²) in [6.07, 6.45) is 6.20. The van der Waals surface area contributed by atoms with Gasteiger partial charge >= 0.3 is 0 Å². The van der Waals surface area contributed by atoms with Crippen LogP contribution in [0, 0.1) is 0 Å². The number of aromatic nitrogens is 2. The molecular weight excluding hydrogens is 368 g/mol. The minimum absolute atomic E-state index is 0.0251. The first-order valence-corrected chi connectivity index (χ1v) is 10.3. The van der Waals surface area contributed by atoms with E-state index >= 15 is 0 Å². The van der Waals surface area contributed by atoms with Crippen molar-refractivity contribution < 1.29 is 14.3 Å². The van der Waals surface area contributed by atoms with Crippen LogP contribution >= 0.6 is 0 Å². The zero-order valence-electron chi connectivity index (χ0n) is 16.9. The average Bonchev–Trinajstić information content (AvgIpc) is 2.79. The summed E-state index contributed by atoms with van der Waals surface area (Å²) >= 11 is 0. The van der Waals surface area contributed by atoms with Crippen molar-refractivity contribution in [2.45, 2.75) is 38.3 Å². The zero-order valence-corrected chi connectivity index (χ0v) is 16.9. The maximum absolute atomic E-state index is 12.9. The number of carbonyl (C=O) groups is 1. The Bertz CT molecular complexity index is 834. The lowest BCUT2D eigenvalue weighted by Crippen LogP contribution is -2.37. The molecule has 2 aromatic rings. The summed E-state index contributed by atoms with van der Waals surface area (Å²) in [6, 6.07) is 7.54. The summed E-state index contributed by atoms with van der Waals surface area (Å²) in [5.41, 5.74) is 2.79. The maximum Gasteiger partial charge on any atom is 0.254 e. The summed E-state index contributed by atoms with van der Waals surface area (Å²) < 4.78 is 10.5. The Balaban J connectivity index is 1.39. The Labute approximate surface area is 171 Å². The van der Waals surface area contributed by atoms with E-state index in [9.17, 15) is 4.79 Å². The normalized spacial score (nSPS) is 18.9. The van der Waals surface area contributed by atoms with Crippen LogP contribution in [0.3, 0.4) is 0 Å². The lowest BCUT2D eigenvalue weighted by Gasteiger charge is -2.29. The van der Waals surface area contributed by atoms with E-state index in [1.54, 1.807) is 7.11 Å². The first kappa shape index (κ1) is 19.8. The molecule has 1 aromatic carbocycles. The van der Waals surface area contributed by atoms with Gasteiger partial charge in [0.15, 0.2) is 0 Å². The van der Waals surface area contributed by atoms with E-state index in [2.05, 4.69) is 10.3 Å². The fraction of sp³-hybridized carbons (Fsp3) is 0.500. The molecule has 29 heavy (non-hydrogen) atoms. The molecule has 0 aliphatic carbocycles. The van der Waals surface area contributed by atoms with Crippen LogP contribution in [0.1, 0.15) is 52.7 Å². The maximum atomic E-state index is 12.9. The van der Waals surface area contributed by atoms with Gasteiger partial charge in [-0.1, -0.05) is 6.42 Å². The minimum Gasteiger partial charge on any atom is -0.491 e. The molecule has 1 saturated heterocycles. The molecule has 3 heterocycles. The topological polar surface area (TPSA) is 76.6 Å². The Morgan fingerprint density at radius 3 is 2.86 bits per heavy atom. The van der Waals surface area contributed by atoms with Crippen LogP contribution < -0.4 is 10.1 Å². The van der Waals surface area contributed by atoms with Gasteiger partial charge in [-0.3, -0.25) is 4.79 Å². The van der Waals surface area contributed by atoms with Crippen molar-refractivity contribution in [2.75, 3.05) is 33.4 Å². The molecular formula is C22H28N4O3. The van der Waals surface area contributed by atoms with Gasteiger partial charge in [0.2, 0.25) is 0 Å².